The van der Waals surface area contributed by atoms with Crippen LogP contribution in [0.1, 0.15) is 64.1 Å². The van der Waals surface area contributed by atoms with E-state index < -0.39 is 6.09 Å². The van der Waals surface area contributed by atoms with Crippen molar-refractivity contribution in [1.82, 2.24) is 9.80 Å². The molecule has 2 aromatic rings. The minimum Gasteiger partial charge on any atom is -0.530 e. The average Bonchev–Trinajstić information content (AvgIpc) is 2.82. The largest absolute Gasteiger partial charge is 0.530 e. The summed E-state index contributed by atoms with van der Waals surface area (Å²) < 4.78 is 20.2. The van der Waals surface area contributed by atoms with Gasteiger partial charge < -0.3 is 24.4 Å². The SMILES string of the molecule is CC(C)Oc1ccc(-c2ccc3c(c2)CCC(C)(C)[C@H]3N(C(=O)[O-])[C@@H]2CN3CCC2CC3)cc1F. The third-order valence-electron chi connectivity index (χ3n) is 8.31. The van der Waals surface area contributed by atoms with E-state index >= 15 is 0 Å². The Kier molecular flexibility index (Phi) is 6.28. The molecule has 2 aromatic carbocycles. The monoisotopic (exact) mass is 479 g/mol. The molecule has 3 heterocycles. The maximum Gasteiger partial charge on any atom is 0.165 e. The molecule has 0 spiro atoms. The van der Waals surface area contributed by atoms with Gasteiger partial charge in [0.1, 0.15) is 6.09 Å². The fraction of sp³-hybridized carbons (Fsp3) is 0.552. The number of fused-ring (bicyclic) bond motifs is 4. The van der Waals surface area contributed by atoms with Gasteiger partial charge in [-0.3, -0.25) is 0 Å². The van der Waals surface area contributed by atoms with Crippen LogP contribution < -0.4 is 9.84 Å². The maximum atomic E-state index is 14.7. The number of amides is 1. The molecule has 3 fully saturated rings. The van der Waals surface area contributed by atoms with Gasteiger partial charge in [0.05, 0.1) is 12.1 Å². The molecule has 5 nitrogen and oxygen atoms in total. The summed E-state index contributed by atoms with van der Waals surface area (Å²) >= 11 is 0. The van der Waals surface area contributed by atoms with Gasteiger partial charge in [-0.25, -0.2) is 4.39 Å². The normalized spacial score (nSPS) is 26.9. The summed E-state index contributed by atoms with van der Waals surface area (Å²) in [5.41, 5.74) is 3.72. The van der Waals surface area contributed by atoms with E-state index in [1.54, 1.807) is 11.0 Å². The highest BCUT2D eigenvalue weighted by atomic mass is 19.1. The molecule has 2 bridgehead atoms. The van der Waals surface area contributed by atoms with Gasteiger partial charge in [0.25, 0.3) is 0 Å². The number of carbonyl (C=O) groups excluding carboxylic acids is 1. The van der Waals surface area contributed by atoms with Crippen molar-refractivity contribution < 1.29 is 19.0 Å². The minimum absolute atomic E-state index is 0.0278. The number of nitrogens with zero attached hydrogens (tertiary/aromatic N) is 2. The summed E-state index contributed by atoms with van der Waals surface area (Å²) in [5.74, 6) is 0.275. The van der Waals surface area contributed by atoms with Gasteiger partial charge in [-0.15, -0.1) is 0 Å². The number of hydrogen-bond acceptors (Lipinski definition) is 4. The Hall–Kier alpha value is -2.60. The molecule has 6 heteroatoms. The molecule has 35 heavy (non-hydrogen) atoms. The number of carboxylic acid groups (broad SMARTS) is 1. The first-order chi connectivity index (χ1) is 16.6. The maximum absolute atomic E-state index is 14.7. The van der Waals surface area contributed by atoms with Crippen LogP contribution >= 0.6 is 0 Å². The first-order valence-electron chi connectivity index (χ1n) is 12.9. The lowest BCUT2D eigenvalue weighted by atomic mass is 9.68. The third kappa shape index (κ3) is 4.53. The standard InChI is InChI=1S/C29H37FN2O3/c1-18(2)35-26-8-6-21(16-24(26)30)20-5-7-23-22(15-20)9-12-29(3,4)27(23)32(28(33)34)25-17-31-13-10-19(25)11-14-31/h5-8,15-16,18-19,25,27H,9-14,17H2,1-4H3,(H,33,34)/p-1/t25-,27+/m1/s1. The topological polar surface area (TPSA) is 55.8 Å². The molecule has 6 rings (SSSR count). The Labute approximate surface area is 207 Å². The van der Waals surface area contributed by atoms with E-state index in [2.05, 4.69) is 30.9 Å². The highest BCUT2D eigenvalue weighted by molar-refractivity contribution is 5.68. The highest BCUT2D eigenvalue weighted by Crippen LogP contribution is 2.50. The van der Waals surface area contributed by atoms with Crippen molar-refractivity contribution in [1.29, 1.82) is 0 Å². The van der Waals surface area contributed by atoms with E-state index in [9.17, 15) is 14.3 Å². The Morgan fingerprint density at radius 2 is 1.83 bits per heavy atom. The van der Waals surface area contributed by atoms with E-state index in [1.807, 2.05) is 26.0 Å². The zero-order chi connectivity index (χ0) is 24.9. The van der Waals surface area contributed by atoms with E-state index in [0.717, 1.165) is 67.6 Å². The van der Waals surface area contributed by atoms with Crippen molar-refractivity contribution in [3.8, 4) is 16.9 Å². The lowest BCUT2D eigenvalue weighted by Gasteiger charge is -2.56. The molecule has 1 amide bonds. The number of hydrogen-bond donors (Lipinski definition) is 0. The second-order valence-electron chi connectivity index (χ2n) is 11.5. The van der Waals surface area contributed by atoms with E-state index in [-0.39, 0.29) is 35.2 Å². The van der Waals surface area contributed by atoms with Gasteiger partial charge in [-0.1, -0.05) is 38.1 Å². The molecule has 1 aliphatic carbocycles. The average molecular weight is 480 g/mol. The third-order valence-corrected chi connectivity index (χ3v) is 8.31. The molecule has 3 saturated heterocycles. The summed E-state index contributed by atoms with van der Waals surface area (Å²) in [5, 5.41) is 12.6. The van der Waals surface area contributed by atoms with Gasteiger partial charge in [0.15, 0.2) is 11.6 Å². The van der Waals surface area contributed by atoms with Crippen molar-refractivity contribution in [2.75, 3.05) is 19.6 Å². The van der Waals surface area contributed by atoms with Crippen LogP contribution in [0, 0.1) is 17.2 Å². The Morgan fingerprint density at radius 1 is 1.14 bits per heavy atom. The van der Waals surface area contributed by atoms with Crippen LogP contribution in [0.2, 0.25) is 0 Å². The summed E-state index contributed by atoms with van der Waals surface area (Å²) in [6.07, 6.45) is 2.69. The van der Waals surface area contributed by atoms with Gasteiger partial charge in [-0.2, -0.15) is 0 Å². The minimum atomic E-state index is -1.07. The smallest absolute Gasteiger partial charge is 0.165 e. The predicted octanol–water partition coefficient (Wildman–Crippen LogP) is 5.03. The van der Waals surface area contributed by atoms with Crippen molar-refractivity contribution in [2.24, 2.45) is 11.3 Å². The fourth-order valence-corrected chi connectivity index (χ4v) is 6.52. The molecule has 4 aliphatic rings. The Bertz CT molecular complexity index is 1110. The molecule has 0 unspecified atom stereocenters. The van der Waals surface area contributed by atoms with E-state index in [1.165, 1.54) is 6.07 Å². The molecule has 0 saturated carbocycles. The van der Waals surface area contributed by atoms with Crippen LogP contribution in [-0.4, -0.2) is 47.7 Å². The predicted molar refractivity (Wildman–Crippen MR) is 133 cm³/mol. The highest BCUT2D eigenvalue weighted by Gasteiger charge is 2.46. The van der Waals surface area contributed by atoms with Gasteiger partial charge in [0, 0.05) is 12.6 Å². The van der Waals surface area contributed by atoms with Gasteiger partial charge in [0.2, 0.25) is 0 Å². The molecule has 0 radical (unpaired) electrons. The number of carbonyl (C=O) groups is 1. The summed E-state index contributed by atoms with van der Waals surface area (Å²) in [6.45, 7) is 11.0. The lowest BCUT2D eigenvalue weighted by molar-refractivity contribution is -0.277. The lowest BCUT2D eigenvalue weighted by Crippen LogP contribution is -2.63. The van der Waals surface area contributed by atoms with Gasteiger partial charge >= 0.3 is 0 Å². The van der Waals surface area contributed by atoms with Crippen LogP contribution in [0.5, 0.6) is 5.75 Å². The van der Waals surface area contributed by atoms with E-state index in [0.29, 0.717) is 5.92 Å². The Balaban J connectivity index is 1.50. The second-order valence-corrected chi connectivity index (χ2v) is 11.5. The zero-order valence-corrected chi connectivity index (χ0v) is 21.2. The molecule has 3 aliphatic heterocycles. The van der Waals surface area contributed by atoms with Crippen molar-refractivity contribution >= 4 is 6.09 Å². The molecule has 188 valence electrons. The first-order valence-corrected chi connectivity index (χ1v) is 12.9. The Morgan fingerprint density at radius 3 is 2.43 bits per heavy atom. The number of rotatable bonds is 5. The van der Waals surface area contributed by atoms with Crippen LogP contribution in [0.25, 0.3) is 11.1 Å². The number of aryl methyl sites for hydroxylation is 1. The number of piperidine rings is 3. The zero-order valence-electron chi connectivity index (χ0n) is 21.2. The van der Waals surface area contributed by atoms with Crippen molar-refractivity contribution in [3.05, 3.63) is 53.3 Å². The number of ether oxygens (including phenoxy) is 1. The van der Waals surface area contributed by atoms with Crippen LogP contribution in [0.15, 0.2) is 36.4 Å². The van der Waals surface area contributed by atoms with Crippen LogP contribution in [-0.2, 0) is 6.42 Å². The molecular weight excluding hydrogens is 443 g/mol. The second kappa shape index (κ2) is 9.12. The molecule has 0 N–H and O–H groups in total. The van der Waals surface area contributed by atoms with Crippen molar-refractivity contribution in [2.45, 2.75) is 71.6 Å². The molecule has 2 atom stereocenters. The van der Waals surface area contributed by atoms with Crippen LogP contribution in [0.3, 0.4) is 0 Å². The first kappa shape index (κ1) is 24.1. The number of halogens is 1. The van der Waals surface area contributed by atoms with Crippen molar-refractivity contribution in [3.63, 3.8) is 0 Å². The quantitative estimate of drug-likeness (QED) is 0.603. The van der Waals surface area contributed by atoms with E-state index in [4.69, 9.17) is 4.74 Å². The van der Waals surface area contributed by atoms with Gasteiger partial charge in [-0.05, 0) is 98.3 Å². The molecule has 0 aromatic heterocycles. The summed E-state index contributed by atoms with van der Waals surface area (Å²) in [4.78, 5) is 16.7. The summed E-state index contributed by atoms with van der Waals surface area (Å²) in [6, 6.07) is 11.0. The fourth-order valence-electron chi connectivity index (χ4n) is 6.52. The molecular formula is C29H36FN2O3-. The number of benzene rings is 2. The summed E-state index contributed by atoms with van der Waals surface area (Å²) in [7, 11) is 0. The van der Waals surface area contributed by atoms with Crippen LogP contribution in [0.4, 0.5) is 9.18 Å².